The van der Waals surface area contributed by atoms with Crippen LogP contribution in [0.4, 0.5) is 0 Å². The van der Waals surface area contributed by atoms with Gasteiger partial charge in [0.15, 0.2) is 0 Å². The van der Waals surface area contributed by atoms with E-state index in [1.165, 1.54) is 0 Å². The molecule has 0 aliphatic rings. The van der Waals surface area contributed by atoms with Crippen molar-refractivity contribution in [2.24, 2.45) is 0 Å². The van der Waals surface area contributed by atoms with Crippen LogP contribution in [-0.2, 0) is 14.3 Å². The maximum atomic E-state index is 11.3. The maximum absolute atomic E-state index is 11.3. The fourth-order valence-electron chi connectivity index (χ4n) is 0.964. The lowest BCUT2D eigenvalue weighted by Crippen LogP contribution is -2.37. The van der Waals surface area contributed by atoms with E-state index in [1.807, 2.05) is 13.8 Å². The largest absolute Gasteiger partial charge is 0.465 e. The van der Waals surface area contributed by atoms with Crippen molar-refractivity contribution in [3.63, 3.8) is 0 Å². The first-order valence-electron chi connectivity index (χ1n) is 5.72. The summed E-state index contributed by atoms with van der Waals surface area (Å²) in [6.45, 7) is 5.32. The van der Waals surface area contributed by atoms with Gasteiger partial charge in [0, 0.05) is 13.6 Å². The Bertz CT molecular complexity index is 219. The first kappa shape index (κ1) is 14.9. The maximum Gasteiger partial charge on any atom is 0.319 e. The number of carbonyl (C=O) groups is 2. The fourth-order valence-corrected chi connectivity index (χ4v) is 0.964. The number of amides is 1. The molecule has 1 amide bonds. The number of likely N-dealkylation sites (N-methyl/N-ethyl adjacent to an activating group) is 1. The minimum absolute atomic E-state index is 0.0242. The summed E-state index contributed by atoms with van der Waals surface area (Å²) in [5, 5.41) is 2.76. The molecular formula is C11H22N2O3. The van der Waals surface area contributed by atoms with Crippen molar-refractivity contribution in [3.05, 3.63) is 0 Å². The average molecular weight is 230 g/mol. The molecule has 0 unspecified atom stereocenters. The highest BCUT2D eigenvalue weighted by atomic mass is 16.5. The second kappa shape index (κ2) is 9.15. The molecule has 0 spiro atoms. The van der Waals surface area contributed by atoms with Crippen LogP contribution < -0.4 is 5.32 Å². The van der Waals surface area contributed by atoms with Gasteiger partial charge in [-0.1, -0.05) is 13.3 Å². The summed E-state index contributed by atoms with van der Waals surface area (Å²) in [4.78, 5) is 24.0. The Kier molecular flexibility index (Phi) is 8.52. The van der Waals surface area contributed by atoms with Crippen molar-refractivity contribution in [1.29, 1.82) is 0 Å². The summed E-state index contributed by atoms with van der Waals surface area (Å²) >= 11 is 0. The third kappa shape index (κ3) is 7.23. The van der Waals surface area contributed by atoms with Crippen LogP contribution in [-0.4, -0.2) is 50.1 Å². The molecule has 0 saturated carbocycles. The highest BCUT2D eigenvalue weighted by Gasteiger charge is 2.07. The van der Waals surface area contributed by atoms with Gasteiger partial charge in [-0.15, -0.1) is 0 Å². The number of hydrogen-bond acceptors (Lipinski definition) is 4. The molecule has 16 heavy (non-hydrogen) atoms. The Morgan fingerprint density at radius 3 is 2.50 bits per heavy atom. The van der Waals surface area contributed by atoms with E-state index in [4.69, 9.17) is 4.74 Å². The van der Waals surface area contributed by atoms with E-state index >= 15 is 0 Å². The lowest BCUT2D eigenvalue weighted by atomic mass is 10.4. The van der Waals surface area contributed by atoms with Crippen LogP contribution in [0.1, 0.15) is 26.7 Å². The SMILES string of the molecule is CCCCOC(=O)CNCC(=O)N(C)CC. The zero-order chi connectivity index (χ0) is 12.4. The van der Waals surface area contributed by atoms with Gasteiger partial charge < -0.3 is 9.64 Å². The molecule has 0 bridgehead atoms. The summed E-state index contributed by atoms with van der Waals surface area (Å²) in [6.07, 6.45) is 1.88. The number of ether oxygens (including phenoxy) is 1. The van der Waals surface area contributed by atoms with Crippen LogP contribution in [0.25, 0.3) is 0 Å². The number of nitrogens with zero attached hydrogens (tertiary/aromatic N) is 1. The average Bonchev–Trinajstić information content (AvgIpc) is 2.28. The van der Waals surface area contributed by atoms with E-state index in [1.54, 1.807) is 11.9 Å². The topological polar surface area (TPSA) is 58.6 Å². The summed E-state index contributed by atoms with van der Waals surface area (Å²) in [5.74, 6) is -0.329. The van der Waals surface area contributed by atoms with E-state index in [0.717, 1.165) is 12.8 Å². The number of esters is 1. The third-order valence-corrected chi connectivity index (χ3v) is 2.21. The molecule has 0 aromatic heterocycles. The molecule has 5 heteroatoms. The fraction of sp³-hybridized carbons (Fsp3) is 0.818. The van der Waals surface area contributed by atoms with Gasteiger partial charge in [-0.3, -0.25) is 14.9 Å². The van der Waals surface area contributed by atoms with Gasteiger partial charge in [-0.2, -0.15) is 0 Å². The van der Waals surface area contributed by atoms with Crippen LogP contribution in [0.15, 0.2) is 0 Å². The summed E-state index contributed by atoms with van der Waals surface area (Å²) < 4.78 is 4.92. The van der Waals surface area contributed by atoms with Crippen LogP contribution in [0.3, 0.4) is 0 Å². The lowest BCUT2D eigenvalue weighted by Gasteiger charge is -2.14. The first-order chi connectivity index (χ1) is 7.61. The van der Waals surface area contributed by atoms with Crippen LogP contribution >= 0.6 is 0 Å². The molecule has 94 valence electrons. The molecule has 5 nitrogen and oxygen atoms in total. The van der Waals surface area contributed by atoms with Crippen molar-refractivity contribution in [3.8, 4) is 0 Å². The molecule has 0 atom stereocenters. The zero-order valence-electron chi connectivity index (χ0n) is 10.4. The Morgan fingerprint density at radius 1 is 1.25 bits per heavy atom. The van der Waals surface area contributed by atoms with E-state index in [0.29, 0.717) is 13.2 Å². The number of hydrogen-bond donors (Lipinski definition) is 1. The van der Waals surface area contributed by atoms with Gasteiger partial charge in [0.2, 0.25) is 5.91 Å². The predicted octanol–water partition coefficient (Wildman–Crippen LogP) is 0.398. The molecule has 0 radical (unpaired) electrons. The van der Waals surface area contributed by atoms with Gasteiger partial charge >= 0.3 is 5.97 Å². The Balaban J connectivity index is 3.50. The normalized spacial score (nSPS) is 9.94. The highest BCUT2D eigenvalue weighted by molar-refractivity contribution is 5.79. The van der Waals surface area contributed by atoms with Crippen molar-refractivity contribution < 1.29 is 14.3 Å². The highest BCUT2D eigenvalue weighted by Crippen LogP contribution is 1.88. The smallest absolute Gasteiger partial charge is 0.319 e. The number of nitrogens with one attached hydrogen (secondary N) is 1. The van der Waals surface area contributed by atoms with Gasteiger partial charge in [0.1, 0.15) is 0 Å². The van der Waals surface area contributed by atoms with Crippen LogP contribution in [0, 0.1) is 0 Å². The molecule has 0 fully saturated rings. The summed E-state index contributed by atoms with van der Waals surface area (Å²) in [5.41, 5.74) is 0. The van der Waals surface area contributed by atoms with Crippen molar-refractivity contribution in [2.45, 2.75) is 26.7 Å². The van der Waals surface area contributed by atoms with Crippen LogP contribution in [0.5, 0.6) is 0 Å². The monoisotopic (exact) mass is 230 g/mol. The molecule has 1 N–H and O–H groups in total. The molecule has 0 heterocycles. The number of unbranched alkanes of at least 4 members (excludes halogenated alkanes) is 1. The standard InChI is InChI=1S/C11H22N2O3/c1-4-6-7-16-11(15)9-12-8-10(14)13(3)5-2/h12H,4-9H2,1-3H3. The van der Waals surface area contributed by atoms with Crippen molar-refractivity contribution in [1.82, 2.24) is 10.2 Å². The Hall–Kier alpha value is -1.10. The molecule has 0 aromatic rings. The quantitative estimate of drug-likeness (QED) is 0.484. The molecule has 0 rings (SSSR count). The number of carbonyl (C=O) groups excluding carboxylic acids is 2. The summed E-state index contributed by atoms with van der Waals surface area (Å²) in [6, 6.07) is 0. The van der Waals surface area contributed by atoms with E-state index in [-0.39, 0.29) is 25.0 Å². The van der Waals surface area contributed by atoms with Gasteiger partial charge in [-0.05, 0) is 13.3 Å². The molecule has 0 saturated heterocycles. The second-order valence-electron chi connectivity index (χ2n) is 3.59. The van der Waals surface area contributed by atoms with E-state index in [9.17, 15) is 9.59 Å². The minimum atomic E-state index is -0.305. The van der Waals surface area contributed by atoms with Gasteiger partial charge in [0.25, 0.3) is 0 Å². The second-order valence-corrected chi connectivity index (χ2v) is 3.59. The summed E-state index contributed by atoms with van der Waals surface area (Å²) in [7, 11) is 1.73. The predicted molar refractivity (Wildman–Crippen MR) is 62.0 cm³/mol. The Morgan fingerprint density at radius 2 is 1.94 bits per heavy atom. The van der Waals surface area contributed by atoms with Crippen molar-refractivity contribution >= 4 is 11.9 Å². The number of rotatable bonds is 8. The van der Waals surface area contributed by atoms with E-state index < -0.39 is 0 Å². The first-order valence-corrected chi connectivity index (χ1v) is 5.72. The van der Waals surface area contributed by atoms with Crippen LogP contribution in [0.2, 0.25) is 0 Å². The Labute approximate surface area is 97.1 Å². The molecule has 0 aliphatic carbocycles. The molecule has 0 aromatic carbocycles. The van der Waals surface area contributed by atoms with Gasteiger partial charge in [-0.25, -0.2) is 0 Å². The molecular weight excluding hydrogens is 208 g/mol. The van der Waals surface area contributed by atoms with E-state index in [2.05, 4.69) is 5.32 Å². The third-order valence-electron chi connectivity index (χ3n) is 2.21. The van der Waals surface area contributed by atoms with Crippen molar-refractivity contribution in [2.75, 3.05) is 33.3 Å². The lowest BCUT2D eigenvalue weighted by molar-refractivity contribution is -0.142. The minimum Gasteiger partial charge on any atom is -0.465 e. The molecule has 0 aliphatic heterocycles. The van der Waals surface area contributed by atoms with Gasteiger partial charge in [0.05, 0.1) is 19.7 Å². The zero-order valence-corrected chi connectivity index (χ0v) is 10.4.